The zero-order valence-corrected chi connectivity index (χ0v) is 6.97. The number of aliphatic hydroxyl groups excluding tert-OH is 1. The molecular weight excluding hydrogens is 172 g/mol. The van der Waals surface area contributed by atoms with Crippen LogP contribution in [0.5, 0.6) is 0 Å². The van der Waals surface area contributed by atoms with E-state index in [9.17, 15) is 9.90 Å². The van der Waals surface area contributed by atoms with Gasteiger partial charge in [0.1, 0.15) is 0 Å². The lowest BCUT2D eigenvalue weighted by molar-refractivity contribution is -0.152. The quantitative estimate of drug-likeness (QED) is 0.462. The van der Waals surface area contributed by atoms with Crippen LogP contribution in [0.4, 0.5) is 0 Å². The van der Waals surface area contributed by atoms with Gasteiger partial charge < -0.3 is 14.6 Å². The minimum Gasteiger partial charge on any atom is -0.429 e. The number of carbonyl (C=O) groups excluding carboxylic acids is 1. The Morgan fingerprint density at radius 3 is 2.85 bits per heavy atom. The average Bonchev–Trinajstić information content (AvgIpc) is 2.47. The highest BCUT2D eigenvalue weighted by atomic mass is 16.6. The van der Waals surface area contributed by atoms with Crippen LogP contribution in [0.3, 0.4) is 0 Å². The van der Waals surface area contributed by atoms with Crippen molar-refractivity contribution < 1.29 is 19.4 Å². The third-order valence-corrected chi connectivity index (χ3v) is 2.08. The third kappa shape index (κ3) is 1.64. The summed E-state index contributed by atoms with van der Waals surface area (Å²) >= 11 is 0. The SMILES string of the molecule is O=C1C=C([C@H]2CC=CCO2)C(O)O1. The molecule has 0 fully saturated rings. The molecule has 0 aromatic rings. The van der Waals surface area contributed by atoms with E-state index in [1.807, 2.05) is 12.2 Å². The number of hydrogen-bond donors (Lipinski definition) is 1. The van der Waals surface area contributed by atoms with Gasteiger partial charge in [-0.1, -0.05) is 12.2 Å². The number of esters is 1. The van der Waals surface area contributed by atoms with Crippen LogP contribution in [0.2, 0.25) is 0 Å². The minimum atomic E-state index is -1.12. The van der Waals surface area contributed by atoms with Crippen molar-refractivity contribution in [2.75, 3.05) is 6.61 Å². The molecule has 2 aliphatic heterocycles. The summed E-state index contributed by atoms with van der Waals surface area (Å²) in [5, 5.41) is 9.30. The Labute approximate surface area is 75.5 Å². The van der Waals surface area contributed by atoms with E-state index in [0.717, 1.165) is 0 Å². The maximum atomic E-state index is 10.8. The molecule has 2 aliphatic rings. The van der Waals surface area contributed by atoms with Gasteiger partial charge in [0.15, 0.2) is 0 Å². The number of rotatable bonds is 1. The van der Waals surface area contributed by atoms with E-state index in [1.165, 1.54) is 6.08 Å². The molecule has 0 radical (unpaired) electrons. The summed E-state index contributed by atoms with van der Waals surface area (Å²) in [6.07, 6.45) is 4.51. The summed E-state index contributed by atoms with van der Waals surface area (Å²) in [6.45, 7) is 0.517. The fraction of sp³-hybridized carbons (Fsp3) is 0.444. The van der Waals surface area contributed by atoms with E-state index < -0.39 is 12.3 Å². The second kappa shape index (κ2) is 3.32. The van der Waals surface area contributed by atoms with Crippen molar-refractivity contribution in [3.63, 3.8) is 0 Å². The first kappa shape index (κ1) is 8.47. The van der Waals surface area contributed by atoms with Crippen LogP contribution in [0, 0.1) is 0 Å². The zero-order valence-electron chi connectivity index (χ0n) is 6.97. The molecule has 0 aromatic carbocycles. The van der Waals surface area contributed by atoms with Crippen LogP contribution < -0.4 is 0 Å². The number of aliphatic hydroxyl groups is 1. The summed E-state index contributed by atoms with van der Waals surface area (Å²) in [4.78, 5) is 10.8. The zero-order chi connectivity index (χ0) is 9.26. The Balaban J connectivity index is 2.11. The number of carbonyl (C=O) groups is 1. The second-order valence-corrected chi connectivity index (χ2v) is 2.96. The van der Waals surface area contributed by atoms with Crippen molar-refractivity contribution in [2.24, 2.45) is 0 Å². The first-order valence-electron chi connectivity index (χ1n) is 4.14. The van der Waals surface area contributed by atoms with Crippen LogP contribution in [-0.4, -0.2) is 30.1 Å². The standard InChI is InChI=1S/C9H10O4/c10-8-5-6(9(11)13-8)7-3-1-2-4-12-7/h1-2,5,7,9,11H,3-4H2/t7-,9?/m1/s1. The summed E-state index contributed by atoms with van der Waals surface area (Å²) in [7, 11) is 0. The number of cyclic esters (lactones) is 1. The predicted molar refractivity (Wildman–Crippen MR) is 43.7 cm³/mol. The summed E-state index contributed by atoms with van der Waals surface area (Å²) < 4.78 is 9.88. The minimum absolute atomic E-state index is 0.216. The average molecular weight is 182 g/mol. The van der Waals surface area contributed by atoms with Gasteiger partial charge in [0, 0.05) is 11.6 Å². The fourth-order valence-electron chi connectivity index (χ4n) is 1.43. The van der Waals surface area contributed by atoms with Gasteiger partial charge in [0.05, 0.1) is 12.7 Å². The maximum Gasteiger partial charge on any atom is 0.333 e. The molecule has 0 aromatic heterocycles. The van der Waals surface area contributed by atoms with Gasteiger partial charge in [-0.25, -0.2) is 4.79 Å². The normalized spacial score (nSPS) is 33.0. The molecule has 0 saturated heterocycles. The Morgan fingerprint density at radius 1 is 1.46 bits per heavy atom. The molecule has 0 aliphatic carbocycles. The van der Waals surface area contributed by atoms with E-state index in [1.54, 1.807) is 0 Å². The molecule has 1 N–H and O–H groups in total. The molecule has 4 nitrogen and oxygen atoms in total. The van der Waals surface area contributed by atoms with Gasteiger partial charge in [0.25, 0.3) is 0 Å². The van der Waals surface area contributed by atoms with E-state index in [-0.39, 0.29) is 6.10 Å². The topological polar surface area (TPSA) is 55.8 Å². The Kier molecular flexibility index (Phi) is 2.16. The second-order valence-electron chi connectivity index (χ2n) is 2.96. The smallest absolute Gasteiger partial charge is 0.333 e. The first-order valence-corrected chi connectivity index (χ1v) is 4.14. The number of hydrogen-bond acceptors (Lipinski definition) is 4. The van der Waals surface area contributed by atoms with Crippen molar-refractivity contribution in [1.82, 2.24) is 0 Å². The number of ether oxygens (including phenoxy) is 2. The Morgan fingerprint density at radius 2 is 2.31 bits per heavy atom. The van der Waals surface area contributed by atoms with Crippen molar-refractivity contribution >= 4 is 5.97 Å². The molecule has 70 valence electrons. The van der Waals surface area contributed by atoms with Gasteiger partial charge in [-0.05, 0) is 6.42 Å². The van der Waals surface area contributed by atoms with E-state index >= 15 is 0 Å². The third-order valence-electron chi connectivity index (χ3n) is 2.08. The lowest BCUT2D eigenvalue weighted by atomic mass is 10.1. The van der Waals surface area contributed by atoms with Gasteiger partial charge in [-0.15, -0.1) is 0 Å². The van der Waals surface area contributed by atoms with Crippen LogP contribution in [0.25, 0.3) is 0 Å². The summed E-state index contributed by atoms with van der Waals surface area (Å²) in [6, 6.07) is 0. The molecule has 2 heterocycles. The van der Waals surface area contributed by atoms with Gasteiger partial charge >= 0.3 is 5.97 Å². The molecule has 0 saturated carbocycles. The maximum absolute atomic E-state index is 10.8. The highest BCUT2D eigenvalue weighted by molar-refractivity contribution is 5.85. The summed E-state index contributed by atoms with van der Waals surface area (Å²) in [5.74, 6) is -0.499. The van der Waals surface area contributed by atoms with Crippen molar-refractivity contribution in [3.8, 4) is 0 Å². The Bertz CT molecular complexity index is 279. The van der Waals surface area contributed by atoms with Crippen LogP contribution in [0.1, 0.15) is 6.42 Å². The summed E-state index contributed by atoms with van der Waals surface area (Å²) in [5.41, 5.74) is 0.523. The van der Waals surface area contributed by atoms with E-state index in [0.29, 0.717) is 18.6 Å². The van der Waals surface area contributed by atoms with Crippen LogP contribution >= 0.6 is 0 Å². The highest BCUT2D eigenvalue weighted by Crippen LogP contribution is 2.23. The van der Waals surface area contributed by atoms with Crippen LogP contribution in [0.15, 0.2) is 23.8 Å². The molecule has 0 spiro atoms. The fourth-order valence-corrected chi connectivity index (χ4v) is 1.43. The molecule has 0 amide bonds. The largest absolute Gasteiger partial charge is 0.429 e. The van der Waals surface area contributed by atoms with Crippen LogP contribution in [-0.2, 0) is 14.3 Å². The molecule has 0 bridgehead atoms. The van der Waals surface area contributed by atoms with Gasteiger partial charge in [-0.2, -0.15) is 0 Å². The first-order chi connectivity index (χ1) is 6.27. The lowest BCUT2D eigenvalue weighted by Gasteiger charge is -2.20. The molecule has 2 atom stereocenters. The van der Waals surface area contributed by atoms with Gasteiger partial charge in [0.2, 0.25) is 6.29 Å². The molecule has 1 unspecified atom stereocenters. The van der Waals surface area contributed by atoms with Gasteiger partial charge in [-0.3, -0.25) is 0 Å². The van der Waals surface area contributed by atoms with E-state index in [2.05, 4.69) is 4.74 Å². The molecule has 4 heteroatoms. The van der Waals surface area contributed by atoms with Crippen molar-refractivity contribution in [3.05, 3.63) is 23.8 Å². The molecule has 2 rings (SSSR count). The molecule has 13 heavy (non-hydrogen) atoms. The van der Waals surface area contributed by atoms with Crippen molar-refractivity contribution in [1.29, 1.82) is 0 Å². The van der Waals surface area contributed by atoms with Crippen molar-refractivity contribution in [2.45, 2.75) is 18.8 Å². The lowest BCUT2D eigenvalue weighted by Crippen LogP contribution is -2.24. The Hall–Kier alpha value is -1.13. The monoisotopic (exact) mass is 182 g/mol. The molecular formula is C9H10O4. The predicted octanol–water partition coefficient (Wildman–Crippen LogP) is 0.133. The highest BCUT2D eigenvalue weighted by Gasteiger charge is 2.30. The van der Waals surface area contributed by atoms with E-state index in [4.69, 9.17) is 4.74 Å².